The summed E-state index contributed by atoms with van der Waals surface area (Å²) >= 11 is 1.21. The van der Waals surface area contributed by atoms with Crippen LogP contribution in [0.5, 0.6) is 0 Å². The van der Waals surface area contributed by atoms with E-state index in [4.69, 9.17) is 0 Å². The lowest BCUT2D eigenvalue weighted by atomic mass is 10.4. The molecular formula is C11H9FO2S2. The first kappa shape index (κ1) is 11.3. The Balaban J connectivity index is 2.51. The van der Waals surface area contributed by atoms with Gasteiger partial charge in [-0.3, -0.25) is 0 Å². The number of hydrogen-bond acceptors (Lipinski definition) is 3. The van der Waals surface area contributed by atoms with Crippen molar-refractivity contribution < 1.29 is 12.8 Å². The van der Waals surface area contributed by atoms with Crippen molar-refractivity contribution in [1.29, 1.82) is 0 Å². The van der Waals surface area contributed by atoms with Crippen LogP contribution in [-0.2, 0) is 9.84 Å². The van der Waals surface area contributed by atoms with Crippen LogP contribution in [-0.4, -0.2) is 8.42 Å². The summed E-state index contributed by atoms with van der Waals surface area (Å²) in [6.45, 7) is 1.84. The Labute approximate surface area is 97.3 Å². The highest BCUT2D eigenvalue weighted by atomic mass is 32.2. The van der Waals surface area contributed by atoms with Gasteiger partial charge in [-0.1, -0.05) is 0 Å². The van der Waals surface area contributed by atoms with Crippen molar-refractivity contribution in [3.05, 3.63) is 47.1 Å². The summed E-state index contributed by atoms with van der Waals surface area (Å²) in [6, 6.07) is 8.17. The monoisotopic (exact) mass is 256 g/mol. The lowest BCUT2D eigenvalue weighted by Gasteiger charge is -2.00. The standard InChI is InChI=1S/C11H9FO2S2/c1-8-2-7-11(15-8)16(13,14)10-5-3-9(12)4-6-10/h2-7H,1H3. The summed E-state index contributed by atoms with van der Waals surface area (Å²) in [7, 11) is -3.48. The normalized spacial score (nSPS) is 11.6. The van der Waals surface area contributed by atoms with E-state index >= 15 is 0 Å². The van der Waals surface area contributed by atoms with Gasteiger partial charge in [0.1, 0.15) is 10.0 Å². The van der Waals surface area contributed by atoms with E-state index in [9.17, 15) is 12.8 Å². The van der Waals surface area contributed by atoms with Gasteiger partial charge in [-0.15, -0.1) is 11.3 Å². The molecule has 5 heteroatoms. The second-order valence-electron chi connectivity index (χ2n) is 3.32. The number of rotatable bonds is 2. The molecule has 0 aliphatic carbocycles. The van der Waals surface area contributed by atoms with Crippen molar-refractivity contribution in [3.8, 4) is 0 Å². The maximum atomic E-state index is 12.7. The molecule has 1 heterocycles. The van der Waals surface area contributed by atoms with Crippen LogP contribution in [0.1, 0.15) is 4.88 Å². The zero-order valence-corrected chi connectivity index (χ0v) is 10.1. The van der Waals surface area contributed by atoms with E-state index in [1.165, 1.54) is 23.5 Å². The quantitative estimate of drug-likeness (QED) is 0.774. The third kappa shape index (κ3) is 2.01. The van der Waals surface area contributed by atoms with Gasteiger partial charge in [-0.2, -0.15) is 0 Å². The molecule has 0 spiro atoms. The minimum Gasteiger partial charge on any atom is -0.218 e. The molecule has 16 heavy (non-hydrogen) atoms. The molecule has 2 rings (SSSR count). The second kappa shape index (κ2) is 3.99. The highest BCUT2D eigenvalue weighted by Gasteiger charge is 2.19. The van der Waals surface area contributed by atoms with Gasteiger partial charge in [-0.05, 0) is 43.3 Å². The molecule has 0 atom stereocenters. The topological polar surface area (TPSA) is 34.1 Å². The van der Waals surface area contributed by atoms with Gasteiger partial charge >= 0.3 is 0 Å². The zero-order valence-electron chi connectivity index (χ0n) is 8.48. The molecule has 0 unspecified atom stereocenters. The van der Waals surface area contributed by atoms with E-state index in [-0.39, 0.29) is 9.10 Å². The average Bonchev–Trinajstić information content (AvgIpc) is 2.66. The number of benzene rings is 1. The average molecular weight is 256 g/mol. The smallest absolute Gasteiger partial charge is 0.215 e. The van der Waals surface area contributed by atoms with Crippen LogP contribution in [0.25, 0.3) is 0 Å². The van der Waals surface area contributed by atoms with Gasteiger partial charge in [-0.25, -0.2) is 12.8 Å². The van der Waals surface area contributed by atoms with Crippen molar-refractivity contribution in [2.75, 3.05) is 0 Å². The van der Waals surface area contributed by atoms with Gasteiger partial charge in [0, 0.05) is 4.88 Å². The Morgan fingerprint density at radius 1 is 1.06 bits per heavy atom. The number of halogens is 1. The summed E-state index contributed by atoms with van der Waals surface area (Å²) in [5.41, 5.74) is 0. The fourth-order valence-corrected chi connectivity index (χ4v) is 3.97. The molecule has 0 amide bonds. The van der Waals surface area contributed by atoms with Gasteiger partial charge in [0.05, 0.1) is 4.90 Å². The van der Waals surface area contributed by atoms with E-state index in [0.29, 0.717) is 0 Å². The maximum Gasteiger partial charge on any atom is 0.215 e. The van der Waals surface area contributed by atoms with Crippen molar-refractivity contribution in [2.24, 2.45) is 0 Å². The summed E-state index contributed by atoms with van der Waals surface area (Å²) in [5.74, 6) is -0.443. The Hall–Kier alpha value is -1.20. The molecule has 0 saturated heterocycles. The van der Waals surface area contributed by atoms with E-state index in [1.54, 1.807) is 12.1 Å². The molecule has 0 bridgehead atoms. The first-order valence-corrected chi connectivity index (χ1v) is 6.87. The number of thiophene rings is 1. The lowest BCUT2D eigenvalue weighted by molar-refractivity contribution is 0.596. The molecule has 0 radical (unpaired) electrons. The van der Waals surface area contributed by atoms with Crippen molar-refractivity contribution in [3.63, 3.8) is 0 Å². The molecule has 0 aliphatic rings. The molecule has 0 saturated carbocycles. The van der Waals surface area contributed by atoms with Crippen LogP contribution >= 0.6 is 11.3 Å². The van der Waals surface area contributed by atoms with Gasteiger partial charge in [0.15, 0.2) is 0 Å². The molecule has 2 nitrogen and oxygen atoms in total. The van der Waals surface area contributed by atoms with E-state index < -0.39 is 15.7 Å². The van der Waals surface area contributed by atoms with Crippen molar-refractivity contribution in [2.45, 2.75) is 16.0 Å². The first-order chi connectivity index (χ1) is 7.50. The van der Waals surface area contributed by atoms with Crippen LogP contribution in [0.4, 0.5) is 4.39 Å². The third-order valence-corrected chi connectivity index (χ3v) is 5.37. The Kier molecular flexibility index (Phi) is 2.82. The zero-order chi connectivity index (χ0) is 11.8. The van der Waals surface area contributed by atoms with E-state index in [0.717, 1.165) is 17.0 Å². The summed E-state index contributed by atoms with van der Waals surface area (Å²) < 4.78 is 37.1. The molecule has 1 aromatic carbocycles. The van der Waals surface area contributed by atoms with E-state index in [1.807, 2.05) is 6.92 Å². The number of aryl methyl sites for hydroxylation is 1. The highest BCUT2D eigenvalue weighted by Crippen LogP contribution is 2.27. The summed E-state index contributed by atoms with van der Waals surface area (Å²) in [4.78, 5) is 1.05. The number of sulfone groups is 1. The molecular weight excluding hydrogens is 247 g/mol. The van der Waals surface area contributed by atoms with Crippen LogP contribution in [0.2, 0.25) is 0 Å². The SMILES string of the molecule is Cc1ccc(S(=O)(=O)c2ccc(F)cc2)s1. The number of hydrogen-bond donors (Lipinski definition) is 0. The molecule has 0 aliphatic heterocycles. The fraction of sp³-hybridized carbons (Fsp3) is 0.0909. The molecule has 2 aromatic rings. The maximum absolute atomic E-state index is 12.7. The Morgan fingerprint density at radius 3 is 2.19 bits per heavy atom. The van der Waals surface area contributed by atoms with E-state index in [2.05, 4.69) is 0 Å². The Morgan fingerprint density at radius 2 is 1.69 bits per heavy atom. The minimum atomic E-state index is -3.48. The predicted molar refractivity (Wildman–Crippen MR) is 60.9 cm³/mol. The predicted octanol–water partition coefficient (Wildman–Crippen LogP) is 3.03. The van der Waals surface area contributed by atoms with Gasteiger partial charge in [0.2, 0.25) is 9.84 Å². The molecule has 0 fully saturated rings. The molecule has 1 aromatic heterocycles. The van der Waals surface area contributed by atoms with Crippen LogP contribution in [0.3, 0.4) is 0 Å². The minimum absolute atomic E-state index is 0.121. The fourth-order valence-electron chi connectivity index (χ4n) is 1.29. The molecule has 84 valence electrons. The van der Waals surface area contributed by atoms with Crippen molar-refractivity contribution in [1.82, 2.24) is 0 Å². The largest absolute Gasteiger partial charge is 0.218 e. The first-order valence-electron chi connectivity index (χ1n) is 4.57. The van der Waals surface area contributed by atoms with Crippen LogP contribution in [0.15, 0.2) is 45.5 Å². The molecule has 0 N–H and O–H groups in total. The van der Waals surface area contributed by atoms with Gasteiger partial charge in [0.25, 0.3) is 0 Å². The lowest BCUT2D eigenvalue weighted by Crippen LogP contribution is -1.99. The second-order valence-corrected chi connectivity index (χ2v) is 6.79. The summed E-state index contributed by atoms with van der Waals surface area (Å²) in [5, 5.41) is 0. The summed E-state index contributed by atoms with van der Waals surface area (Å²) in [6.07, 6.45) is 0. The highest BCUT2D eigenvalue weighted by molar-refractivity contribution is 7.93. The van der Waals surface area contributed by atoms with Gasteiger partial charge < -0.3 is 0 Å². The van der Waals surface area contributed by atoms with Crippen molar-refractivity contribution >= 4 is 21.2 Å². The van der Waals surface area contributed by atoms with Crippen LogP contribution in [0, 0.1) is 12.7 Å². The third-order valence-electron chi connectivity index (χ3n) is 2.10. The van der Waals surface area contributed by atoms with Crippen LogP contribution < -0.4 is 0 Å². The Bertz CT molecular complexity index is 597.